The normalized spacial score (nSPS) is 39.0. The molecule has 2 aliphatic carbocycles. The molecule has 0 nitrogen and oxygen atoms in total. The first-order valence-electron chi connectivity index (χ1n) is 9.73. The summed E-state index contributed by atoms with van der Waals surface area (Å²) in [5.41, 5.74) is 0. The molecule has 0 heterocycles. The summed E-state index contributed by atoms with van der Waals surface area (Å²) < 4.78 is 0. The molecule has 7 atom stereocenters. The van der Waals surface area contributed by atoms with Crippen LogP contribution in [0.15, 0.2) is 0 Å². The van der Waals surface area contributed by atoms with Crippen LogP contribution < -0.4 is 0 Å². The van der Waals surface area contributed by atoms with E-state index in [0.29, 0.717) is 5.25 Å². The van der Waals surface area contributed by atoms with Gasteiger partial charge in [0.2, 0.25) is 0 Å². The molecule has 0 saturated heterocycles. The molecule has 2 saturated carbocycles. The van der Waals surface area contributed by atoms with Crippen LogP contribution in [0.5, 0.6) is 0 Å². The number of hydrogen-bond acceptors (Lipinski definition) is 1. The van der Waals surface area contributed by atoms with Crippen molar-refractivity contribution in [3.63, 3.8) is 0 Å². The summed E-state index contributed by atoms with van der Waals surface area (Å²) in [6.45, 7) is 9.56. The standard InChI is InChI=1S/C20H38S/c1-5-7-14(3)10-19-17(6-2)13-18-9-8-16(11-15(4)21)12-20(18)19/h14-21H,5-13H2,1-4H3. The second-order valence-corrected chi connectivity index (χ2v) is 9.27. The van der Waals surface area contributed by atoms with Gasteiger partial charge in [-0.1, -0.05) is 53.4 Å². The van der Waals surface area contributed by atoms with Crippen LogP contribution in [0, 0.1) is 35.5 Å². The van der Waals surface area contributed by atoms with Crippen LogP contribution in [0.1, 0.15) is 85.5 Å². The Hall–Kier alpha value is 0.350. The number of thiol groups is 1. The van der Waals surface area contributed by atoms with Crippen molar-refractivity contribution in [1.29, 1.82) is 0 Å². The van der Waals surface area contributed by atoms with Crippen LogP contribution in [-0.2, 0) is 0 Å². The van der Waals surface area contributed by atoms with E-state index in [1.807, 2.05) is 0 Å². The summed E-state index contributed by atoms with van der Waals surface area (Å²) in [4.78, 5) is 0. The lowest BCUT2D eigenvalue weighted by Crippen LogP contribution is -2.27. The topological polar surface area (TPSA) is 0 Å². The molecule has 0 bridgehead atoms. The van der Waals surface area contributed by atoms with Gasteiger partial charge in [0.25, 0.3) is 0 Å². The molecule has 2 aliphatic rings. The highest BCUT2D eigenvalue weighted by Crippen LogP contribution is 2.54. The molecule has 21 heavy (non-hydrogen) atoms. The summed E-state index contributed by atoms with van der Waals surface area (Å²) in [6.07, 6.45) is 13.1. The highest BCUT2D eigenvalue weighted by Gasteiger charge is 2.45. The summed E-state index contributed by atoms with van der Waals surface area (Å²) >= 11 is 4.65. The van der Waals surface area contributed by atoms with Crippen molar-refractivity contribution in [3.05, 3.63) is 0 Å². The van der Waals surface area contributed by atoms with E-state index in [-0.39, 0.29) is 0 Å². The van der Waals surface area contributed by atoms with Gasteiger partial charge in [0.15, 0.2) is 0 Å². The van der Waals surface area contributed by atoms with Crippen LogP contribution in [0.2, 0.25) is 0 Å². The lowest BCUT2D eigenvalue weighted by molar-refractivity contribution is 0.143. The van der Waals surface area contributed by atoms with Crippen molar-refractivity contribution in [2.75, 3.05) is 0 Å². The molecule has 0 aliphatic heterocycles. The Balaban J connectivity index is 1.98. The fraction of sp³-hybridized carbons (Fsp3) is 1.00. The quantitative estimate of drug-likeness (QED) is 0.503. The van der Waals surface area contributed by atoms with E-state index in [0.717, 1.165) is 35.5 Å². The number of fused-ring (bicyclic) bond motifs is 1. The Morgan fingerprint density at radius 1 is 1.05 bits per heavy atom. The van der Waals surface area contributed by atoms with E-state index in [1.165, 1.54) is 51.4 Å². The molecule has 2 rings (SSSR count). The maximum Gasteiger partial charge on any atom is -0.000895 e. The third-order valence-corrected chi connectivity index (χ3v) is 6.78. The molecule has 124 valence electrons. The zero-order chi connectivity index (χ0) is 15.4. The number of rotatable bonds is 7. The van der Waals surface area contributed by atoms with Gasteiger partial charge in [-0.3, -0.25) is 0 Å². The van der Waals surface area contributed by atoms with E-state index >= 15 is 0 Å². The van der Waals surface area contributed by atoms with Crippen molar-refractivity contribution >= 4 is 12.6 Å². The van der Waals surface area contributed by atoms with E-state index < -0.39 is 0 Å². The SMILES string of the molecule is CCCC(C)CC1C(CC)CC2CCC(CC(C)S)CC21. The molecule has 0 aromatic heterocycles. The molecule has 0 N–H and O–H groups in total. The van der Waals surface area contributed by atoms with E-state index in [1.54, 1.807) is 6.42 Å². The summed E-state index contributed by atoms with van der Waals surface area (Å²) in [7, 11) is 0. The molecular formula is C20H38S. The Labute approximate surface area is 139 Å². The van der Waals surface area contributed by atoms with Crippen molar-refractivity contribution in [3.8, 4) is 0 Å². The van der Waals surface area contributed by atoms with Gasteiger partial charge in [-0.15, -0.1) is 0 Å². The van der Waals surface area contributed by atoms with Gasteiger partial charge in [0, 0.05) is 0 Å². The van der Waals surface area contributed by atoms with Crippen molar-refractivity contribution in [1.82, 2.24) is 0 Å². The molecule has 0 aromatic carbocycles. The van der Waals surface area contributed by atoms with Gasteiger partial charge in [0.05, 0.1) is 0 Å². The van der Waals surface area contributed by atoms with Gasteiger partial charge in [0.1, 0.15) is 0 Å². The first kappa shape index (κ1) is 17.7. The van der Waals surface area contributed by atoms with Crippen LogP contribution in [0.25, 0.3) is 0 Å². The zero-order valence-electron chi connectivity index (χ0n) is 14.9. The van der Waals surface area contributed by atoms with Crippen molar-refractivity contribution < 1.29 is 0 Å². The summed E-state index contributed by atoms with van der Waals surface area (Å²) in [5.74, 6) is 6.11. The summed E-state index contributed by atoms with van der Waals surface area (Å²) in [6, 6.07) is 0. The molecule has 0 radical (unpaired) electrons. The van der Waals surface area contributed by atoms with E-state index in [2.05, 4.69) is 40.3 Å². The zero-order valence-corrected chi connectivity index (χ0v) is 15.7. The predicted molar refractivity (Wildman–Crippen MR) is 98.0 cm³/mol. The van der Waals surface area contributed by atoms with Gasteiger partial charge >= 0.3 is 0 Å². The van der Waals surface area contributed by atoms with Gasteiger partial charge in [-0.05, 0) is 72.9 Å². The summed E-state index contributed by atoms with van der Waals surface area (Å²) in [5, 5.41) is 0.590. The van der Waals surface area contributed by atoms with Crippen LogP contribution in [0.3, 0.4) is 0 Å². The fourth-order valence-electron chi connectivity index (χ4n) is 5.70. The Kier molecular flexibility index (Phi) is 6.97. The average Bonchev–Trinajstić information content (AvgIpc) is 2.76. The van der Waals surface area contributed by atoms with E-state index in [4.69, 9.17) is 0 Å². The third-order valence-electron chi connectivity index (χ3n) is 6.57. The third kappa shape index (κ3) is 4.66. The van der Waals surface area contributed by atoms with Crippen molar-refractivity contribution in [2.45, 2.75) is 90.7 Å². The predicted octanol–water partition coefficient (Wildman–Crippen LogP) is 6.60. The second-order valence-electron chi connectivity index (χ2n) is 8.39. The van der Waals surface area contributed by atoms with E-state index in [9.17, 15) is 0 Å². The monoisotopic (exact) mass is 310 g/mol. The Bertz CT molecular complexity index is 298. The largest absolute Gasteiger partial charge is 0.176 e. The first-order chi connectivity index (χ1) is 10.0. The van der Waals surface area contributed by atoms with Crippen LogP contribution in [0.4, 0.5) is 0 Å². The average molecular weight is 311 g/mol. The molecule has 7 unspecified atom stereocenters. The Morgan fingerprint density at radius 3 is 2.43 bits per heavy atom. The minimum Gasteiger partial charge on any atom is -0.176 e. The maximum absolute atomic E-state index is 4.65. The van der Waals surface area contributed by atoms with Gasteiger partial charge in [-0.25, -0.2) is 0 Å². The lowest BCUT2D eigenvalue weighted by Gasteiger charge is -2.36. The van der Waals surface area contributed by atoms with Crippen LogP contribution >= 0.6 is 12.6 Å². The molecule has 0 amide bonds. The first-order valence-corrected chi connectivity index (χ1v) is 10.2. The molecule has 1 heteroatoms. The van der Waals surface area contributed by atoms with Crippen molar-refractivity contribution in [2.24, 2.45) is 35.5 Å². The highest BCUT2D eigenvalue weighted by atomic mass is 32.1. The Morgan fingerprint density at radius 2 is 1.81 bits per heavy atom. The van der Waals surface area contributed by atoms with Gasteiger partial charge < -0.3 is 0 Å². The molecular weight excluding hydrogens is 272 g/mol. The maximum atomic E-state index is 4.65. The minimum absolute atomic E-state index is 0.590. The molecule has 0 aromatic rings. The fourth-order valence-corrected chi connectivity index (χ4v) is 6.00. The smallest absolute Gasteiger partial charge is 0.000895 e. The molecule has 2 fully saturated rings. The number of hydrogen-bond donors (Lipinski definition) is 1. The minimum atomic E-state index is 0.590. The second kappa shape index (κ2) is 8.27. The molecule has 0 spiro atoms. The van der Waals surface area contributed by atoms with Crippen LogP contribution in [-0.4, -0.2) is 5.25 Å². The lowest BCUT2D eigenvalue weighted by atomic mass is 9.69. The van der Waals surface area contributed by atoms with Gasteiger partial charge in [-0.2, -0.15) is 12.6 Å². The highest BCUT2D eigenvalue weighted by molar-refractivity contribution is 7.80.